The molecule has 1 aliphatic heterocycles. The van der Waals surface area contributed by atoms with Crippen LogP contribution in [0.3, 0.4) is 0 Å². The number of H-pyrrole nitrogens is 1. The third-order valence-electron chi connectivity index (χ3n) is 4.82. The summed E-state index contributed by atoms with van der Waals surface area (Å²) < 4.78 is 10.7. The molecule has 0 spiro atoms. The Morgan fingerprint density at radius 2 is 1.70 bits per heavy atom. The van der Waals surface area contributed by atoms with Gasteiger partial charge in [0.25, 0.3) is 5.91 Å². The molecule has 2 aromatic heterocycles. The summed E-state index contributed by atoms with van der Waals surface area (Å²) >= 11 is 0. The molecule has 140 valence electrons. The van der Waals surface area contributed by atoms with Gasteiger partial charge in [0.1, 0.15) is 0 Å². The maximum atomic E-state index is 13.1. The first kappa shape index (κ1) is 17.1. The van der Waals surface area contributed by atoms with Crippen LogP contribution in [-0.4, -0.2) is 66.2 Å². The number of ether oxygens (including phenoxy) is 2. The summed E-state index contributed by atoms with van der Waals surface area (Å²) in [7, 11) is 3.18. The number of rotatable bonds is 4. The lowest BCUT2D eigenvalue weighted by Gasteiger charge is -2.34. The average molecular weight is 367 g/mol. The lowest BCUT2D eigenvalue weighted by molar-refractivity contribution is 0.0748. The highest BCUT2D eigenvalue weighted by molar-refractivity contribution is 6.07. The van der Waals surface area contributed by atoms with Gasteiger partial charge in [-0.05, 0) is 12.1 Å². The Hall–Kier alpha value is -3.29. The largest absolute Gasteiger partial charge is 0.493 e. The van der Waals surface area contributed by atoms with Gasteiger partial charge in [-0.3, -0.25) is 4.79 Å². The number of nitrogens with zero attached hydrogens (tertiary/aromatic N) is 4. The van der Waals surface area contributed by atoms with Crippen LogP contribution in [0.15, 0.2) is 36.8 Å². The van der Waals surface area contributed by atoms with Crippen molar-refractivity contribution < 1.29 is 14.3 Å². The number of carbonyl (C=O) groups is 1. The lowest BCUT2D eigenvalue weighted by Crippen LogP contribution is -2.49. The number of aromatic nitrogens is 3. The van der Waals surface area contributed by atoms with E-state index in [-0.39, 0.29) is 5.91 Å². The summed E-state index contributed by atoms with van der Waals surface area (Å²) in [5, 5.41) is 0.825. The van der Waals surface area contributed by atoms with Crippen molar-refractivity contribution in [3.8, 4) is 11.5 Å². The van der Waals surface area contributed by atoms with Gasteiger partial charge >= 0.3 is 0 Å². The van der Waals surface area contributed by atoms with Crippen LogP contribution in [0.4, 0.5) is 5.95 Å². The van der Waals surface area contributed by atoms with Crippen LogP contribution >= 0.6 is 0 Å². The molecule has 3 heterocycles. The van der Waals surface area contributed by atoms with Crippen molar-refractivity contribution in [3.63, 3.8) is 0 Å². The summed E-state index contributed by atoms with van der Waals surface area (Å²) in [6.07, 6.45) is 5.21. The fourth-order valence-corrected chi connectivity index (χ4v) is 3.36. The van der Waals surface area contributed by atoms with Crippen molar-refractivity contribution in [2.45, 2.75) is 0 Å². The van der Waals surface area contributed by atoms with Crippen molar-refractivity contribution in [2.24, 2.45) is 0 Å². The third-order valence-corrected chi connectivity index (χ3v) is 4.82. The second-order valence-electron chi connectivity index (χ2n) is 6.28. The minimum atomic E-state index is 0.00194. The zero-order valence-corrected chi connectivity index (χ0v) is 15.3. The number of methoxy groups -OCH3 is 2. The summed E-state index contributed by atoms with van der Waals surface area (Å²) in [4.78, 5) is 28.7. The number of carbonyl (C=O) groups excluding carboxylic acids is 1. The highest BCUT2D eigenvalue weighted by Crippen LogP contribution is 2.33. The van der Waals surface area contributed by atoms with E-state index in [4.69, 9.17) is 9.47 Å². The van der Waals surface area contributed by atoms with Gasteiger partial charge in [-0.2, -0.15) is 0 Å². The van der Waals surface area contributed by atoms with Crippen LogP contribution in [-0.2, 0) is 0 Å². The fraction of sp³-hybridized carbons (Fsp3) is 0.316. The van der Waals surface area contributed by atoms with Crippen LogP contribution in [0.2, 0.25) is 0 Å². The molecule has 0 unspecified atom stereocenters. The highest BCUT2D eigenvalue weighted by atomic mass is 16.5. The van der Waals surface area contributed by atoms with Gasteiger partial charge in [0.2, 0.25) is 5.95 Å². The Labute approximate surface area is 156 Å². The molecule has 0 saturated carbocycles. The van der Waals surface area contributed by atoms with Gasteiger partial charge in [-0.15, -0.1) is 0 Å². The lowest BCUT2D eigenvalue weighted by atomic mass is 10.1. The molecule has 3 aromatic rings. The predicted molar refractivity (Wildman–Crippen MR) is 102 cm³/mol. The van der Waals surface area contributed by atoms with Crippen LogP contribution in [0.5, 0.6) is 11.5 Å². The number of hydrogen-bond donors (Lipinski definition) is 1. The topological polar surface area (TPSA) is 83.6 Å². The minimum absolute atomic E-state index is 0.00194. The van der Waals surface area contributed by atoms with Gasteiger partial charge in [0.15, 0.2) is 11.5 Å². The zero-order chi connectivity index (χ0) is 18.8. The predicted octanol–water partition coefficient (Wildman–Crippen LogP) is 1.94. The molecule has 1 aromatic carbocycles. The van der Waals surface area contributed by atoms with E-state index in [0.717, 1.165) is 10.9 Å². The van der Waals surface area contributed by atoms with Gasteiger partial charge in [-0.1, -0.05) is 0 Å². The monoisotopic (exact) mass is 367 g/mol. The molecule has 1 N–H and O–H groups in total. The number of hydrogen-bond acceptors (Lipinski definition) is 6. The molecule has 1 aliphatic rings. The molecular weight excluding hydrogens is 346 g/mol. The third kappa shape index (κ3) is 3.14. The number of piperazine rings is 1. The maximum absolute atomic E-state index is 13.1. The number of fused-ring (bicyclic) bond motifs is 1. The summed E-state index contributed by atoms with van der Waals surface area (Å²) in [5.74, 6) is 1.93. The van der Waals surface area contributed by atoms with Gasteiger partial charge in [0.05, 0.1) is 25.3 Å². The Kier molecular flexibility index (Phi) is 4.53. The normalized spacial score (nSPS) is 14.4. The number of benzene rings is 1. The average Bonchev–Trinajstić information content (AvgIpc) is 3.15. The van der Waals surface area contributed by atoms with Gasteiger partial charge < -0.3 is 24.3 Å². The Balaban J connectivity index is 1.53. The van der Waals surface area contributed by atoms with Crippen molar-refractivity contribution in [2.75, 3.05) is 45.3 Å². The molecule has 8 nitrogen and oxygen atoms in total. The molecule has 1 amide bonds. The number of anilines is 1. The van der Waals surface area contributed by atoms with Crippen LogP contribution < -0.4 is 14.4 Å². The van der Waals surface area contributed by atoms with Gasteiger partial charge in [0, 0.05) is 56.2 Å². The number of nitrogens with one attached hydrogen (secondary N) is 1. The standard InChI is InChI=1S/C19H21N5O3/c1-26-16-10-13-14(12-22-15(13)11-17(16)27-2)18(25)23-6-8-24(9-7-23)19-20-4-3-5-21-19/h3-5,10-12,22H,6-9H2,1-2H3. The molecular formula is C19H21N5O3. The fourth-order valence-electron chi connectivity index (χ4n) is 3.36. The van der Waals surface area contributed by atoms with Crippen molar-refractivity contribution in [3.05, 3.63) is 42.4 Å². The first-order valence-corrected chi connectivity index (χ1v) is 8.75. The summed E-state index contributed by atoms with van der Waals surface area (Å²) in [5.41, 5.74) is 1.47. The van der Waals surface area contributed by atoms with E-state index >= 15 is 0 Å². The first-order chi connectivity index (χ1) is 13.2. The Morgan fingerprint density at radius 1 is 1.04 bits per heavy atom. The van der Waals surface area contributed by atoms with E-state index in [2.05, 4.69) is 19.9 Å². The van der Waals surface area contributed by atoms with Crippen LogP contribution in [0.25, 0.3) is 10.9 Å². The van der Waals surface area contributed by atoms with Crippen molar-refractivity contribution >= 4 is 22.8 Å². The van der Waals surface area contributed by atoms with Crippen LogP contribution in [0.1, 0.15) is 10.4 Å². The molecule has 1 saturated heterocycles. The first-order valence-electron chi connectivity index (χ1n) is 8.75. The number of amides is 1. The second-order valence-corrected chi connectivity index (χ2v) is 6.28. The zero-order valence-electron chi connectivity index (χ0n) is 15.3. The van der Waals surface area contributed by atoms with E-state index in [0.29, 0.717) is 49.2 Å². The van der Waals surface area contributed by atoms with Crippen molar-refractivity contribution in [1.29, 1.82) is 0 Å². The van der Waals surface area contributed by atoms with Crippen molar-refractivity contribution in [1.82, 2.24) is 19.9 Å². The van der Waals surface area contributed by atoms with Crippen LogP contribution in [0, 0.1) is 0 Å². The van der Waals surface area contributed by atoms with E-state index in [1.807, 2.05) is 17.0 Å². The highest BCUT2D eigenvalue weighted by Gasteiger charge is 2.25. The minimum Gasteiger partial charge on any atom is -0.493 e. The molecule has 0 bridgehead atoms. The Morgan fingerprint density at radius 3 is 2.37 bits per heavy atom. The maximum Gasteiger partial charge on any atom is 0.256 e. The van der Waals surface area contributed by atoms with E-state index < -0.39 is 0 Å². The van der Waals surface area contributed by atoms with E-state index in [1.54, 1.807) is 38.9 Å². The molecule has 0 aliphatic carbocycles. The summed E-state index contributed by atoms with van der Waals surface area (Å²) in [6, 6.07) is 5.48. The van der Waals surface area contributed by atoms with E-state index in [9.17, 15) is 4.79 Å². The molecule has 0 atom stereocenters. The molecule has 1 fully saturated rings. The quantitative estimate of drug-likeness (QED) is 0.759. The smallest absolute Gasteiger partial charge is 0.256 e. The Bertz CT molecular complexity index is 949. The SMILES string of the molecule is COc1cc2[nH]cc(C(=O)N3CCN(c4ncccn4)CC3)c2cc1OC. The molecule has 8 heteroatoms. The second kappa shape index (κ2) is 7.14. The van der Waals surface area contributed by atoms with Gasteiger partial charge in [-0.25, -0.2) is 9.97 Å². The molecule has 0 radical (unpaired) electrons. The summed E-state index contributed by atoms with van der Waals surface area (Å²) in [6.45, 7) is 2.65. The number of aromatic amines is 1. The van der Waals surface area contributed by atoms with E-state index in [1.165, 1.54) is 0 Å². The molecule has 4 rings (SSSR count). The molecule has 27 heavy (non-hydrogen) atoms.